The summed E-state index contributed by atoms with van der Waals surface area (Å²) in [6, 6.07) is 0. The first-order valence-corrected chi connectivity index (χ1v) is 7.54. The minimum atomic E-state index is -3.35. The molecule has 1 rings (SSSR count). The van der Waals surface area contributed by atoms with Crippen molar-refractivity contribution >= 4 is 32.2 Å². The minimum Gasteiger partial charge on any atom is -0.383 e. The number of nitrogens with zero attached hydrogens (tertiary/aromatic N) is 2. The van der Waals surface area contributed by atoms with Gasteiger partial charge in [0.25, 0.3) is 0 Å². The summed E-state index contributed by atoms with van der Waals surface area (Å²) in [5, 5.41) is 0.571. The van der Waals surface area contributed by atoms with E-state index in [-0.39, 0.29) is 16.5 Å². The van der Waals surface area contributed by atoms with E-state index in [1.807, 2.05) is 0 Å². The average molecular weight is 279 g/mol. The zero-order valence-corrected chi connectivity index (χ0v) is 11.8. The Balaban J connectivity index is 3.10. The van der Waals surface area contributed by atoms with Crippen LogP contribution in [0.1, 0.15) is 6.92 Å². The van der Waals surface area contributed by atoms with Gasteiger partial charge in [0, 0.05) is 20.7 Å². The summed E-state index contributed by atoms with van der Waals surface area (Å²) in [7, 11) is 0.0423. The monoisotopic (exact) mass is 279 g/mol. The van der Waals surface area contributed by atoms with Crippen LogP contribution in [0.25, 0.3) is 0 Å². The van der Waals surface area contributed by atoms with Crippen molar-refractivity contribution < 1.29 is 13.2 Å². The minimum absolute atomic E-state index is 0.0146. The van der Waals surface area contributed by atoms with Crippen molar-refractivity contribution in [3.05, 3.63) is 0 Å². The molecule has 0 aliphatic heterocycles. The first kappa shape index (κ1) is 14.2. The van der Waals surface area contributed by atoms with E-state index >= 15 is 0 Å². The average Bonchev–Trinajstić information content (AvgIpc) is 2.68. The second kappa shape index (κ2) is 5.65. The molecule has 0 spiro atoms. The van der Waals surface area contributed by atoms with Crippen molar-refractivity contribution in [2.75, 3.05) is 43.7 Å². The molecule has 0 radical (unpaired) electrons. The third kappa shape index (κ3) is 3.08. The highest BCUT2D eigenvalue weighted by Gasteiger charge is 2.25. The highest BCUT2D eigenvalue weighted by molar-refractivity contribution is 7.91. The lowest BCUT2D eigenvalue weighted by Crippen LogP contribution is -2.23. The Morgan fingerprint density at radius 1 is 1.53 bits per heavy atom. The van der Waals surface area contributed by atoms with Gasteiger partial charge in [0.1, 0.15) is 9.90 Å². The molecular weight excluding hydrogens is 262 g/mol. The van der Waals surface area contributed by atoms with E-state index in [4.69, 9.17) is 10.5 Å². The van der Waals surface area contributed by atoms with Gasteiger partial charge in [-0.2, -0.15) is 4.37 Å². The molecule has 0 aromatic carbocycles. The molecule has 8 heteroatoms. The van der Waals surface area contributed by atoms with Crippen molar-refractivity contribution in [3.8, 4) is 0 Å². The number of nitrogens with two attached hydrogens (primary N) is 1. The number of sulfone groups is 1. The SMILES string of the molecule is CCS(=O)(=O)c1c(N)nsc1N(C)CCOC. The lowest BCUT2D eigenvalue weighted by atomic mass is 10.5. The number of anilines is 2. The maximum absolute atomic E-state index is 11.9. The fourth-order valence-corrected chi connectivity index (χ4v) is 3.61. The van der Waals surface area contributed by atoms with E-state index in [0.717, 1.165) is 11.5 Å². The van der Waals surface area contributed by atoms with E-state index in [1.54, 1.807) is 26.0 Å². The topological polar surface area (TPSA) is 85.5 Å². The van der Waals surface area contributed by atoms with Crippen LogP contribution in [0.5, 0.6) is 0 Å². The molecule has 2 N–H and O–H groups in total. The maximum atomic E-state index is 11.9. The Morgan fingerprint density at radius 2 is 2.18 bits per heavy atom. The quantitative estimate of drug-likeness (QED) is 0.821. The summed E-state index contributed by atoms with van der Waals surface area (Å²) in [6.07, 6.45) is 0. The second-order valence-electron chi connectivity index (χ2n) is 3.52. The van der Waals surface area contributed by atoms with Crippen LogP contribution in [0.4, 0.5) is 10.8 Å². The maximum Gasteiger partial charge on any atom is 0.184 e. The number of hydrogen-bond acceptors (Lipinski definition) is 7. The molecular formula is C9H17N3O3S2. The van der Waals surface area contributed by atoms with Gasteiger partial charge < -0.3 is 15.4 Å². The van der Waals surface area contributed by atoms with Crippen LogP contribution in [0.2, 0.25) is 0 Å². The van der Waals surface area contributed by atoms with Gasteiger partial charge in [0.05, 0.1) is 12.4 Å². The lowest BCUT2D eigenvalue weighted by Gasteiger charge is -2.17. The first-order valence-electron chi connectivity index (χ1n) is 5.12. The van der Waals surface area contributed by atoms with Crippen molar-refractivity contribution in [3.63, 3.8) is 0 Å². The molecule has 6 nitrogen and oxygen atoms in total. The van der Waals surface area contributed by atoms with Gasteiger partial charge in [-0.05, 0) is 11.5 Å². The molecule has 0 fully saturated rings. The fourth-order valence-electron chi connectivity index (χ4n) is 1.29. The van der Waals surface area contributed by atoms with E-state index < -0.39 is 9.84 Å². The Hall–Kier alpha value is -0.860. The first-order chi connectivity index (χ1) is 7.94. The van der Waals surface area contributed by atoms with E-state index in [0.29, 0.717) is 18.2 Å². The molecule has 0 unspecified atom stereocenters. The third-order valence-electron chi connectivity index (χ3n) is 2.33. The smallest absolute Gasteiger partial charge is 0.184 e. The van der Waals surface area contributed by atoms with Gasteiger partial charge in [0.15, 0.2) is 15.7 Å². The second-order valence-corrected chi connectivity index (χ2v) is 6.49. The van der Waals surface area contributed by atoms with E-state index in [1.165, 1.54) is 0 Å². The van der Waals surface area contributed by atoms with E-state index in [2.05, 4.69) is 4.37 Å². The molecule has 1 aromatic rings. The Labute approximate surface area is 105 Å². The van der Waals surface area contributed by atoms with Gasteiger partial charge in [0.2, 0.25) is 0 Å². The number of aromatic nitrogens is 1. The number of nitrogen functional groups attached to an aromatic ring is 1. The molecule has 0 saturated heterocycles. The lowest BCUT2D eigenvalue weighted by molar-refractivity contribution is 0.206. The van der Waals surface area contributed by atoms with Crippen LogP contribution < -0.4 is 10.6 Å². The fraction of sp³-hybridized carbons (Fsp3) is 0.667. The van der Waals surface area contributed by atoms with Crippen molar-refractivity contribution in [2.24, 2.45) is 0 Å². The molecule has 1 heterocycles. The zero-order chi connectivity index (χ0) is 13.1. The van der Waals surface area contributed by atoms with Crippen molar-refractivity contribution in [1.29, 1.82) is 0 Å². The highest BCUT2D eigenvalue weighted by atomic mass is 32.2. The Morgan fingerprint density at radius 3 is 2.71 bits per heavy atom. The molecule has 0 bridgehead atoms. The van der Waals surface area contributed by atoms with Gasteiger partial charge in [-0.15, -0.1) is 0 Å². The predicted molar refractivity (Wildman–Crippen MR) is 69.4 cm³/mol. The van der Waals surface area contributed by atoms with Crippen LogP contribution >= 0.6 is 11.5 Å². The number of methoxy groups -OCH3 is 1. The molecule has 0 atom stereocenters. The Kier molecular flexibility index (Phi) is 4.72. The molecule has 1 aromatic heterocycles. The Bertz CT molecular complexity index is 470. The molecule has 0 saturated carbocycles. The summed E-state index contributed by atoms with van der Waals surface area (Å²) >= 11 is 1.09. The van der Waals surface area contributed by atoms with Gasteiger partial charge in [-0.25, -0.2) is 8.42 Å². The van der Waals surface area contributed by atoms with Gasteiger partial charge in [-0.3, -0.25) is 0 Å². The summed E-state index contributed by atoms with van der Waals surface area (Å²) in [5.74, 6) is 0.0944. The molecule has 0 aliphatic carbocycles. The normalized spacial score (nSPS) is 11.7. The predicted octanol–water partition coefficient (Wildman–Crippen LogP) is 0.601. The molecule has 0 aliphatic rings. The summed E-state index contributed by atoms with van der Waals surface area (Å²) in [5.41, 5.74) is 5.63. The van der Waals surface area contributed by atoms with Gasteiger partial charge >= 0.3 is 0 Å². The van der Waals surface area contributed by atoms with Gasteiger partial charge in [-0.1, -0.05) is 6.92 Å². The summed E-state index contributed by atoms with van der Waals surface area (Å²) in [6.45, 7) is 2.69. The number of rotatable bonds is 6. The standard InChI is InChI=1S/C9H17N3O3S2/c1-4-17(13,14)7-8(10)11-16-9(7)12(2)5-6-15-3/h4-6H2,1-3H3,(H2,10,11). The molecule has 0 amide bonds. The highest BCUT2D eigenvalue weighted by Crippen LogP contribution is 2.34. The van der Waals surface area contributed by atoms with Crippen LogP contribution in [-0.4, -0.2) is 45.9 Å². The number of ether oxygens (including phenoxy) is 1. The molecule has 98 valence electrons. The van der Waals surface area contributed by atoms with Crippen LogP contribution in [-0.2, 0) is 14.6 Å². The van der Waals surface area contributed by atoms with E-state index in [9.17, 15) is 8.42 Å². The van der Waals surface area contributed by atoms with Crippen LogP contribution in [0.3, 0.4) is 0 Å². The zero-order valence-electron chi connectivity index (χ0n) is 10.1. The van der Waals surface area contributed by atoms with Crippen LogP contribution in [0.15, 0.2) is 4.90 Å². The summed E-state index contributed by atoms with van der Waals surface area (Å²) < 4.78 is 32.7. The third-order valence-corrected chi connectivity index (χ3v) is 5.22. The summed E-state index contributed by atoms with van der Waals surface area (Å²) in [4.78, 5) is 1.93. The largest absolute Gasteiger partial charge is 0.383 e. The molecule has 17 heavy (non-hydrogen) atoms. The van der Waals surface area contributed by atoms with Crippen molar-refractivity contribution in [2.45, 2.75) is 11.8 Å². The van der Waals surface area contributed by atoms with Crippen molar-refractivity contribution in [1.82, 2.24) is 4.37 Å². The number of hydrogen-bond donors (Lipinski definition) is 1. The van der Waals surface area contributed by atoms with Crippen LogP contribution in [0, 0.1) is 0 Å². The number of likely N-dealkylation sites (N-methyl/N-ethyl adjacent to an activating group) is 1.